The first-order valence-corrected chi connectivity index (χ1v) is 11.6. The van der Waals surface area contributed by atoms with Gasteiger partial charge in [-0.15, -0.1) is 0 Å². The van der Waals surface area contributed by atoms with E-state index in [0.717, 1.165) is 10.5 Å². The minimum Gasteiger partial charge on any atom is -0.493 e. The van der Waals surface area contributed by atoms with Gasteiger partial charge in [-0.05, 0) is 42.0 Å². The van der Waals surface area contributed by atoms with E-state index in [1.807, 2.05) is 4.90 Å². The number of hydrogen-bond donors (Lipinski definition) is 1. The molecule has 2 saturated heterocycles. The summed E-state index contributed by atoms with van der Waals surface area (Å²) in [5.74, 6) is 0.531. The number of ether oxygens (including phenoxy) is 3. The highest BCUT2D eigenvalue weighted by Gasteiger charge is 2.48. The van der Waals surface area contributed by atoms with Gasteiger partial charge in [-0.3, -0.25) is 19.4 Å². The van der Waals surface area contributed by atoms with Gasteiger partial charge in [0, 0.05) is 32.7 Å². The van der Waals surface area contributed by atoms with Crippen LogP contribution in [0.4, 0.5) is 9.18 Å². The number of fused-ring (bicyclic) bond motifs is 1. The Balaban J connectivity index is 1.26. The second kappa shape index (κ2) is 11.3. The van der Waals surface area contributed by atoms with E-state index in [0.29, 0.717) is 50.0 Å². The first-order valence-electron chi connectivity index (χ1n) is 11.6. The summed E-state index contributed by atoms with van der Waals surface area (Å²) < 4.78 is 29.1. The van der Waals surface area contributed by atoms with Gasteiger partial charge in [-0.25, -0.2) is 9.18 Å². The number of nitrogens with one attached hydrogen (secondary N) is 1. The van der Waals surface area contributed by atoms with Crippen molar-refractivity contribution in [1.29, 1.82) is 0 Å². The third kappa shape index (κ3) is 5.68. The molecule has 0 aromatic heterocycles. The summed E-state index contributed by atoms with van der Waals surface area (Å²) >= 11 is 0. The van der Waals surface area contributed by atoms with Crippen LogP contribution >= 0.6 is 0 Å². The molecule has 0 bridgehead atoms. The van der Waals surface area contributed by atoms with Gasteiger partial charge in [-0.2, -0.15) is 0 Å². The molecule has 1 unspecified atom stereocenters. The van der Waals surface area contributed by atoms with Crippen molar-refractivity contribution in [2.24, 2.45) is 0 Å². The molecule has 11 heteroatoms. The highest BCUT2D eigenvalue weighted by molar-refractivity contribution is 6.06. The first-order chi connectivity index (χ1) is 17.4. The molecule has 36 heavy (non-hydrogen) atoms. The molecule has 2 aliphatic rings. The van der Waals surface area contributed by atoms with E-state index in [2.05, 4.69) is 5.32 Å². The lowest BCUT2D eigenvalue weighted by Gasteiger charge is -2.35. The summed E-state index contributed by atoms with van der Waals surface area (Å²) in [4.78, 5) is 42.8. The van der Waals surface area contributed by atoms with E-state index in [4.69, 9.17) is 14.2 Å². The van der Waals surface area contributed by atoms with Crippen molar-refractivity contribution in [3.05, 3.63) is 53.8 Å². The SMILES string of the molecule is COc1ccc(CNC(=O)CN2C(=O)C3CN(CCOc4ccc(F)cc4)CCN3C2=O)cc1OC. The fraction of sp³-hybridized carbons (Fsp3) is 0.400. The lowest BCUT2D eigenvalue weighted by molar-refractivity contribution is -0.133. The summed E-state index contributed by atoms with van der Waals surface area (Å²) in [6, 6.07) is 9.97. The molecule has 192 valence electrons. The standard InChI is InChI=1S/C25H29FN4O6/c1-34-21-8-3-17(13-22(21)35-2)14-27-23(31)16-30-24(32)20-15-28(9-10-29(20)25(30)33)11-12-36-19-6-4-18(26)5-7-19/h3-8,13,20H,9-12,14-16H2,1-2H3,(H,27,31). The third-order valence-corrected chi connectivity index (χ3v) is 6.22. The number of rotatable bonds is 10. The van der Waals surface area contributed by atoms with Crippen molar-refractivity contribution >= 4 is 17.8 Å². The van der Waals surface area contributed by atoms with Crippen LogP contribution in [0, 0.1) is 5.82 Å². The van der Waals surface area contributed by atoms with Crippen molar-refractivity contribution in [2.75, 3.05) is 53.6 Å². The zero-order valence-electron chi connectivity index (χ0n) is 20.2. The minimum atomic E-state index is -0.629. The maximum Gasteiger partial charge on any atom is 0.328 e. The lowest BCUT2D eigenvalue weighted by atomic mass is 10.2. The Morgan fingerprint density at radius 1 is 1.06 bits per heavy atom. The smallest absolute Gasteiger partial charge is 0.328 e. The second-order valence-corrected chi connectivity index (χ2v) is 8.49. The van der Waals surface area contributed by atoms with Crippen LogP contribution in [-0.4, -0.2) is 92.1 Å². The Bertz CT molecular complexity index is 1110. The molecular weight excluding hydrogens is 471 g/mol. The van der Waals surface area contributed by atoms with Crippen molar-refractivity contribution in [1.82, 2.24) is 20.0 Å². The molecule has 4 rings (SSSR count). The normalized spacial score (nSPS) is 17.7. The van der Waals surface area contributed by atoms with Crippen molar-refractivity contribution in [3.63, 3.8) is 0 Å². The van der Waals surface area contributed by atoms with E-state index < -0.39 is 18.0 Å². The highest BCUT2D eigenvalue weighted by atomic mass is 19.1. The number of imide groups is 1. The van der Waals surface area contributed by atoms with Gasteiger partial charge in [-0.1, -0.05) is 6.07 Å². The van der Waals surface area contributed by atoms with Gasteiger partial charge in [0.2, 0.25) is 5.91 Å². The molecule has 0 spiro atoms. The molecule has 2 aromatic carbocycles. The molecule has 2 aromatic rings. The number of amides is 4. The molecule has 1 atom stereocenters. The van der Waals surface area contributed by atoms with E-state index >= 15 is 0 Å². The zero-order valence-corrected chi connectivity index (χ0v) is 20.2. The van der Waals surface area contributed by atoms with Gasteiger partial charge in [0.15, 0.2) is 11.5 Å². The van der Waals surface area contributed by atoms with Gasteiger partial charge in [0.05, 0.1) is 14.2 Å². The van der Waals surface area contributed by atoms with E-state index in [9.17, 15) is 18.8 Å². The van der Waals surface area contributed by atoms with Crippen LogP contribution in [0.5, 0.6) is 17.2 Å². The van der Waals surface area contributed by atoms with Crippen molar-refractivity contribution < 1.29 is 33.0 Å². The van der Waals surface area contributed by atoms with Gasteiger partial charge >= 0.3 is 6.03 Å². The Morgan fingerprint density at radius 3 is 2.53 bits per heavy atom. The van der Waals surface area contributed by atoms with Crippen LogP contribution in [0.25, 0.3) is 0 Å². The largest absolute Gasteiger partial charge is 0.493 e. The number of nitrogens with zero attached hydrogens (tertiary/aromatic N) is 3. The fourth-order valence-electron chi connectivity index (χ4n) is 4.27. The number of halogens is 1. The number of piperazine rings is 1. The van der Waals surface area contributed by atoms with E-state index in [-0.39, 0.29) is 24.8 Å². The van der Waals surface area contributed by atoms with Crippen LogP contribution < -0.4 is 19.5 Å². The molecule has 10 nitrogen and oxygen atoms in total. The monoisotopic (exact) mass is 500 g/mol. The maximum absolute atomic E-state index is 13.0. The van der Waals surface area contributed by atoms with Crippen LogP contribution in [0.3, 0.4) is 0 Å². The third-order valence-electron chi connectivity index (χ3n) is 6.22. The molecular formula is C25H29FN4O6. The maximum atomic E-state index is 13.0. The van der Waals surface area contributed by atoms with E-state index in [1.165, 1.54) is 31.3 Å². The average Bonchev–Trinajstić information content (AvgIpc) is 3.12. The molecule has 1 N–H and O–H groups in total. The summed E-state index contributed by atoms with van der Waals surface area (Å²) in [5, 5.41) is 2.74. The topological polar surface area (TPSA) is 101 Å². The number of methoxy groups -OCH3 is 2. The van der Waals surface area contributed by atoms with Gasteiger partial charge in [0.25, 0.3) is 5.91 Å². The van der Waals surface area contributed by atoms with Gasteiger partial charge < -0.3 is 24.4 Å². The number of hydrogen-bond acceptors (Lipinski definition) is 7. The van der Waals surface area contributed by atoms with Crippen molar-refractivity contribution in [3.8, 4) is 17.2 Å². The minimum absolute atomic E-state index is 0.213. The highest BCUT2D eigenvalue weighted by Crippen LogP contribution is 2.27. The van der Waals surface area contributed by atoms with Crippen LogP contribution in [-0.2, 0) is 16.1 Å². The Kier molecular flexibility index (Phi) is 7.89. The molecule has 2 heterocycles. The zero-order chi connectivity index (χ0) is 25.7. The molecule has 0 radical (unpaired) electrons. The quantitative estimate of drug-likeness (QED) is 0.494. The Hall–Kier alpha value is -3.86. The van der Waals surface area contributed by atoms with Gasteiger partial charge in [0.1, 0.15) is 30.8 Å². The van der Waals surface area contributed by atoms with Crippen LogP contribution in [0.15, 0.2) is 42.5 Å². The van der Waals surface area contributed by atoms with Crippen LogP contribution in [0.2, 0.25) is 0 Å². The molecule has 4 amide bonds. The second-order valence-electron chi connectivity index (χ2n) is 8.49. The molecule has 0 saturated carbocycles. The number of carbonyl (C=O) groups excluding carboxylic acids is 3. The fourth-order valence-corrected chi connectivity index (χ4v) is 4.27. The number of benzene rings is 2. The summed E-state index contributed by atoms with van der Waals surface area (Å²) in [5.41, 5.74) is 0.788. The van der Waals surface area contributed by atoms with E-state index in [1.54, 1.807) is 30.3 Å². The Labute approximate surface area is 208 Å². The summed E-state index contributed by atoms with van der Waals surface area (Å²) in [7, 11) is 3.07. The summed E-state index contributed by atoms with van der Waals surface area (Å²) in [6.07, 6.45) is 0. The van der Waals surface area contributed by atoms with Crippen LogP contribution in [0.1, 0.15) is 5.56 Å². The molecule has 2 aliphatic heterocycles. The predicted molar refractivity (Wildman–Crippen MR) is 127 cm³/mol. The average molecular weight is 501 g/mol. The van der Waals surface area contributed by atoms with Crippen molar-refractivity contribution in [2.45, 2.75) is 12.6 Å². The predicted octanol–water partition coefficient (Wildman–Crippen LogP) is 1.49. The number of urea groups is 1. The number of carbonyl (C=O) groups is 3. The Morgan fingerprint density at radius 2 is 1.81 bits per heavy atom. The molecule has 0 aliphatic carbocycles. The first kappa shape index (κ1) is 25.2. The molecule has 2 fully saturated rings. The summed E-state index contributed by atoms with van der Waals surface area (Å²) in [6.45, 7) is 2.12. The lowest BCUT2D eigenvalue weighted by Crippen LogP contribution is -2.53.